The molecule has 0 aliphatic rings. The number of anilines is 1. The summed E-state index contributed by atoms with van der Waals surface area (Å²) in [7, 11) is 0. The molecule has 0 unspecified atom stereocenters. The number of rotatable bonds is 2. The van der Waals surface area contributed by atoms with Gasteiger partial charge in [-0.15, -0.1) is 6.42 Å². The van der Waals surface area contributed by atoms with Gasteiger partial charge in [0, 0.05) is 10.0 Å². The zero-order valence-electron chi connectivity index (χ0n) is 10.4. The maximum absolute atomic E-state index is 6.10. The van der Waals surface area contributed by atoms with Gasteiger partial charge in [0.25, 0.3) is 0 Å². The number of terminal acetylenes is 1. The molecule has 0 fully saturated rings. The Bertz CT molecular complexity index is 635. The maximum Gasteiger partial charge on any atom is 0.132 e. The Morgan fingerprint density at radius 2 is 2.17 bits per heavy atom. The van der Waals surface area contributed by atoms with Crippen molar-refractivity contribution in [2.24, 2.45) is 0 Å². The van der Waals surface area contributed by atoms with E-state index in [9.17, 15) is 0 Å². The third-order valence-electron chi connectivity index (χ3n) is 2.88. The summed E-state index contributed by atoms with van der Waals surface area (Å²) in [5, 5.41) is 0. The summed E-state index contributed by atoms with van der Waals surface area (Å²) in [5.41, 5.74) is 9.05. The van der Waals surface area contributed by atoms with Gasteiger partial charge in [-0.3, -0.25) is 0 Å². The van der Waals surface area contributed by atoms with Crippen LogP contribution in [0.2, 0.25) is 0 Å². The van der Waals surface area contributed by atoms with Crippen LogP contribution in [0, 0.1) is 26.2 Å². The van der Waals surface area contributed by atoms with Gasteiger partial charge < -0.3 is 10.3 Å². The molecule has 2 aromatic rings. The maximum atomic E-state index is 6.10. The average molecular weight is 304 g/mol. The van der Waals surface area contributed by atoms with E-state index in [4.69, 9.17) is 12.2 Å². The highest BCUT2D eigenvalue weighted by Gasteiger charge is 2.13. The molecule has 18 heavy (non-hydrogen) atoms. The normalized spacial score (nSPS) is 10.3. The molecule has 2 rings (SSSR count). The van der Waals surface area contributed by atoms with Crippen LogP contribution in [0.5, 0.6) is 0 Å². The standard InChI is InChI=1S/C14H14BrN3/c1-4-7-18-10(3)17-13(14(18)16)11-5-6-12(15)9(2)8-11/h1,5-6,8H,7,16H2,2-3H3. The van der Waals surface area contributed by atoms with Crippen LogP contribution >= 0.6 is 15.9 Å². The molecule has 2 N–H and O–H groups in total. The molecule has 0 bridgehead atoms. The first kappa shape index (κ1) is 12.7. The van der Waals surface area contributed by atoms with Crippen molar-refractivity contribution in [1.82, 2.24) is 9.55 Å². The minimum atomic E-state index is 0.445. The Morgan fingerprint density at radius 3 is 2.78 bits per heavy atom. The molecule has 0 spiro atoms. The molecular formula is C14H14BrN3. The van der Waals surface area contributed by atoms with Gasteiger partial charge in [0.2, 0.25) is 0 Å². The van der Waals surface area contributed by atoms with Crippen molar-refractivity contribution in [3.8, 4) is 23.6 Å². The number of nitrogen functional groups attached to an aromatic ring is 1. The zero-order chi connectivity index (χ0) is 13.3. The van der Waals surface area contributed by atoms with Crippen LogP contribution in [0.25, 0.3) is 11.3 Å². The fraction of sp³-hybridized carbons (Fsp3) is 0.214. The Labute approximate surface area is 115 Å². The van der Waals surface area contributed by atoms with E-state index < -0.39 is 0 Å². The Kier molecular flexibility index (Phi) is 3.44. The summed E-state index contributed by atoms with van der Waals surface area (Å²) < 4.78 is 2.91. The lowest BCUT2D eigenvalue weighted by molar-refractivity contribution is 0.807. The Hall–Kier alpha value is -1.73. The van der Waals surface area contributed by atoms with Crippen molar-refractivity contribution in [3.63, 3.8) is 0 Å². The number of aromatic nitrogens is 2. The lowest BCUT2D eigenvalue weighted by Gasteiger charge is -2.04. The fourth-order valence-corrected chi connectivity index (χ4v) is 2.12. The number of nitrogens with two attached hydrogens (primary N) is 1. The molecule has 0 atom stereocenters. The van der Waals surface area contributed by atoms with E-state index in [1.807, 2.05) is 30.5 Å². The molecule has 0 saturated carbocycles. The molecule has 0 amide bonds. The summed E-state index contributed by atoms with van der Waals surface area (Å²) in [6, 6.07) is 6.05. The lowest BCUT2D eigenvalue weighted by atomic mass is 10.1. The molecule has 0 saturated heterocycles. The van der Waals surface area contributed by atoms with Gasteiger partial charge in [-0.05, 0) is 31.5 Å². The van der Waals surface area contributed by atoms with Gasteiger partial charge in [-0.2, -0.15) is 0 Å². The lowest BCUT2D eigenvalue weighted by Crippen LogP contribution is -2.03. The van der Waals surface area contributed by atoms with Gasteiger partial charge in [-0.1, -0.05) is 27.9 Å². The molecule has 1 aromatic heterocycles. The quantitative estimate of drug-likeness (QED) is 0.866. The first-order valence-corrected chi connectivity index (χ1v) is 6.36. The first-order chi connectivity index (χ1) is 8.54. The Balaban J connectivity index is 2.55. The van der Waals surface area contributed by atoms with E-state index in [1.165, 1.54) is 0 Å². The van der Waals surface area contributed by atoms with Crippen molar-refractivity contribution in [1.29, 1.82) is 0 Å². The van der Waals surface area contributed by atoms with E-state index in [0.29, 0.717) is 12.4 Å². The molecule has 92 valence electrons. The summed E-state index contributed by atoms with van der Waals surface area (Å²) in [6.45, 7) is 4.39. The number of aryl methyl sites for hydroxylation is 2. The summed E-state index contributed by atoms with van der Waals surface area (Å²) in [4.78, 5) is 4.50. The molecular weight excluding hydrogens is 290 g/mol. The molecule has 1 heterocycles. The van der Waals surface area contributed by atoms with Gasteiger partial charge in [0.15, 0.2) is 0 Å². The number of benzene rings is 1. The third kappa shape index (κ3) is 2.14. The molecule has 3 nitrogen and oxygen atoms in total. The van der Waals surface area contributed by atoms with E-state index >= 15 is 0 Å². The van der Waals surface area contributed by atoms with E-state index in [0.717, 1.165) is 27.1 Å². The fourth-order valence-electron chi connectivity index (χ4n) is 1.88. The number of hydrogen-bond donors (Lipinski definition) is 1. The van der Waals surface area contributed by atoms with Crippen LogP contribution in [0.1, 0.15) is 11.4 Å². The van der Waals surface area contributed by atoms with E-state index in [-0.39, 0.29) is 0 Å². The van der Waals surface area contributed by atoms with E-state index in [2.05, 4.69) is 32.9 Å². The van der Waals surface area contributed by atoms with E-state index in [1.54, 1.807) is 0 Å². The minimum Gasteiger partial charge on any atom is -0.383 e. The predicted molar refractivity (Wildman–Crippen MR) is 78.1 cm³/mol. The number of hydrogen-bond acceptors (Lipinski definition) is 2. The van der Waals surface area contributed by atoms with Crippen molar-refractivity contribution < 1.29 is 0 Å². The second-order valence-corrected chi connectivity index (χ2v) is 5.00. The van der Waals surface area contributed by atoms with Gasteiger partial charge in [0.05, 0.1) is 6.54 Å². The van der Waals surface area contributed by atoms with Gasteiger partial charge >= 0.3 is 0 Å². The van der Waals surface area contributed by atoms with Crippen molar-refractivity contribution in [3.05, 3.63) is 34.1 Å². The highest BCUT2D eigenvalue weighted by atomic mass is 79.9. The molecule has 0 radical (unpaired) electrons. The van der Waals surface area contributed by atoms with Gasteiger partial charge in [-0.25, -0.2) is 4.98 Å². The predicted octanol–water partition coefficient (Wildman–Crippen LogP) is 3.14. The monoisotopic (exact) mass is 303 g/mol. The van der Waals surface area contributed by atoms with Crippen molar-refractivity contribution >= 4 is 21.7 Å². The summed E-state index contributed by atoms with van der Waals surface area (Å²) in [6.07, 6.45) is 5.33. The van der Waals surface area contributed by atoms with Crippen LogP contribution < -0.4 is 5.73 Å². The average Bonchev–Trinajstić information content (AvgIpc) is 2.61. The summed E-state index contributed by atoms with van der Waals surface area (Å²) in [5.74, 6) is 4.04. The molecule has 4 heteroatoms. The van der Waals surface area contributed by atoms with Crippen LogP contribution in [0.3, 0.4) is 0 Å². The summed E-state index contributed by atoms with van der Waals surface area (Å²) >= 11 is 3.48. The smallest absolute Gasteiger partial charge is 0.132 e. The number of nitrogens with zero attached hydrogens (tertiary/aromatic N) is 2. The second-order valence-electron chi connectivity index (χ2n) is 4.15. The van der Waals surface area contributed by atoms with Crippen molar-refractivity contribution in [2.75, 3.05) is 5.73 Å². The van der Waals surface area contributed by atoms with Crippen molar-refractivity contribution in [2.45, 2.75) is 20.4 Å². The van der Waals surface area contributed by atoms with Crippen LogP contribution in [-0.2, 0) is 6.54 Å². The van der Waals surface area contributed by atoms with Crippen LogP contribution in [0.15, 0.2) is 22.7 Å². The topological polar surface area (TPSA) is 43.8 Å². The minimum absolute atomic E-state index is 0.445. The Morgan fingerprint density at radius 1 is 1.44 bits per heavy atom. The highest BCUT2D eigenvalue weighted by molar-refractivity contribution is 9.10. The third-order valence-corrected chi connectivity index (χ3v) is 3.77. The molecule has 0 aliphatic carbocycles. The highest BCUT2D eigenvalue weighted by Crippen LogP contribution is 2.29. The molecule has 0 aliphatic heterocycles. The SMILES string of the molecule is C#CCn1c(C)nc(-c2ccc(Br)c(C)c2)c1N. The number of imidazole rings is 1. The van der Waals surface area contributed by atoms with Gasteiger partial charge in [0.1, 0.15) is 17.3 Å². The number of halogens is 1. The van der Waals surface area contributed by atoms with Crippen LogP contribution in [0.4, 0.5) is 5.82 Å². The first-order valence-electron chi connectivity index (χ1n) is 5.57. The van der Waals surface area contributed by atoms with Crippen LogP contribution in [-0.4, -0.2) is 9.55 Å². The zero-order valence-corrected chi connectivity index (χ0v) is 12.0. The largest absolute Gasteiger partial charge is 0.383 e. The molecule has 1 aromatic carbocycles. The second kappa shape index (κ2) is 4.87.